The minimum absolute atomic E-state index is 0.0884. The Hall–Kier alpha value is -3.02. The minimum atomic E-state index is -0.351. The van der Waals surface area contributed by atoms with Gasteiger partial charge >= 0.3 is 5.97 Å². The van der Waals surface area contributed by atoms with Gasteiger partial charge in [0, 0.05) is 31.4 Å². The molecule has 0 bridgehead atoms. The molecule has 150 valence electrons. The molecule has 0 unspecified atom stereocenters. The second-order valence-corrected chi connectivity index (χ2v) is 6.35. The smallest absolute Gasteiger partial charge is 0.306 e. The van der Waals surface area contributed by atoms with Crippen molar-refractivity contribution in [1.29, 1.82) is 0 Å². The van der Waals surface area contributed by atoms with Crippen LogP contribution < -0.4 is 4.74 Å². The number of rotatable bonds is 11. The summed E-state index contributed by atoms with van der Waals surface area (Å²) in [6.45, 7) is 7.36. The Balaban J connectivity index is 2.05. The molecule has 0 aliphatic carbocycles. The van der Waals surface area contributed by atoms with Crippen molar-refractivity contribution < 1.29 is 19.1 Å². The lowest BCUT2D eigenvalue weighted by Gasteiger charge is -2.22. The Bertz CT molecular complexity index is 797. The maximum Gasteiger partial charge on any atom is 0.306 e. The van der Waals surface area contributed by atoms with E-state index < -0.39 is 0 Å². The van der Waals surface area contributed by atoms with Crippen LogP contribution in [0.3, 0.4) is 0 Å². The Morgan fingerprint density at radius 2 is 2.04 bits per heavy atom. The van der Waals surface area contributed by atoms with Gasteiger partial charge in [-0.05, 0) is 36.8 Å². The van der Waals surface area contributed by atoms with E-state index in [0.717, 1.165) is 17.0 Å². The number of methoxy groups -OCH3 is 1. The second-order valence-electron chi connectivity index (χ2n) is 6.35. The fourth-order valence-corrected chi connectivity index (χ4v) is 2.92. The van der Waals surface area contributed by atoms with Crippen LogP contribution >= 0.6 is 0 Å². The molecule has 0 saturated heterocycles. The van der Waals surface area contributed by atoms with E-state index in [2.05, 4.69) is 11.1 Å². The van der Waals surface area contributed by atoms with Crippen LogP contribution in [-0.4, -0.2) is 41.6 Å². The summed E-state index contributed by atoms with van der Waals surface area (Å²) in [6.07, 6.45) is 3.90. The van der Waals surface area contributed by atoms with Crippen LogP contribution in [0, 0.1) is 0 Å². The average molecular weight is 384 g/mol. The molecule has 0 aliphatic heterocycles. The molecule has 6 nitrogen and oxygen atoms in total. The molecule has 0 radical (unpaired) electrons. The highest BCUT2D eigenvalue weighted by molar-refractivity contribution is 5.81. The molecule has 1 heterocycles. The Kier molecular flexibility index (Phi) is 8.34. The maximum atomic E-state index is 12.6. The lowest BCUT2D eigenvalue weighted by molar-refractivity contribution is -0.145. The fraction of sp³-hybridized carbons (Fsp3) is 0.364. The first-order valence-corrected chi connectivity index (χ1v) is 9.38. The van der Waals surface area contributed by atoms with Crippen molar-refractivity contribution in [2.24, 2.45) is 0 Å². The Labute approximate surface area is 166 Å². The van der Waals surface area contributed by atoms with Crippen LogP contribution in [0.5, 0.6) is 5.75 Å². The van der Waals surface area contributed by atoms with E-state index in [0.29, 0.717) is 26.2 Å². The van der Waals surface area contributed by atoms with Crippen molar-refractivity contribution in [2.45, 2.75) is 32.9 Å². The summed E-state index contributed by atoms with van der Waals surface area (Å²) in [5.74, 6) is 0.367. The van der Waals surface area contributed by atoms with E-state index in [1.165, 1.54) is 0 Å². The van der Waals surface area contributed by atoms with Gasteiger partial charge in [-0.2, -0.15) is 0 Å². The SMILES string of the molecule is C=CCN(Cc1cccn1Cc1cccc(OC)c1)C(=O)CCC(=O)OCC. The molecule has 28 heavy (non-hydrogen) atoms. The molecule has 0 spiro atoms. The normalized spacial score (nSPS) is 10.4. The summed E-state index contributed by atoms with van der Waals surface area (Å²) in [6, 6.07) is 11.9. The van der Waals surface area contributed by atoms with Gasteiger partial charge in [0.1, 0.15) is 5.75 Å². The van der Waals surface area contributed by atoms with E-state index in [-0.39, 0.29) is 24.7 Å². The molecule has 0 atom stereocenters. The van der Waals surface area contributed by atoms with E-state index in [1.54, 1.807) is 25.0 Å². The summed E-state index contributed by atoms with van der Waals surface area (Å²) < 4.78 is 12.3. The molecule has 1 aromatic carbocycles. The topological polar surface area (TPSA) is 60.8 Å². The highest BCUT2D eigenvalue weighted by Gasteiger charge is 2.16. The van der Waals surface area contributed by atoms with Crippen molar-refractivity contribution in [1.82, 2.24) is 9.47 Å². The minimum Gasteiger partial charge on any atom is -0.497 e. The van der Waals surface area contributed by atoms with Crippen LogP contribution in [0.25, 0.3) is 0 Å². The van der Waals surface area contributed by atoms with E-state index >= 15 is 0 Å². The second kappa shape index (κ2) is 11.0. The van der Waals surface area contributed by atoms with Crippen molar-refractivity contribution in [3.05, 3.63) is 66.5 Å². The molecular formula is C22H28N2O4. The summed E-state index contributed by atoms with van der Waals surface area (Å²) in [7, 11) is 1.65. The van der Waals surface area contributed by atoms with Crippen LogP contribution in [-0.2, 0) is 27.4 Å². The zero-order valence-electron chi connectivity index (χ0n) is 16.6. The molecule has 2 aromatic rings. The molecule has 0 N–H and O–H groups in total. The van der Waals surface area contributed by atoms with Gasteiger partial charge in [0.2, 0.25) is 5.91 Å². The fourth-order valence-electron chi connectivity index (χ4n) is 2.92. The summed E-state index contributed by atoms with van der Waals surface area (Å²) >= 11 is 0. The number of aromatic nitrogens is 1. The van der Waals surface area contributed by atoms with Crippen LogP contribution in [0.2, 0.25) is 0 Å². The molecule has 0 saturated carbocycles. The predicted molar refractivity (Wildman–Crippen MR) is 108 cm³/mol. The number of nitrogens with zero attached hydrogens (tertiary/aromatic N) is 2. The van der Waals surface area contributed by atoms with E-state index in [1.807, 2.05) is 42.6 Å². The Morgan fingerprint density at radius 1 is 1.21 bits per heavy atom. The predicted octanol–water partition coefficient (Wildman–Crippen LogP) is 3.40. The third kappa shape index (κ3) is 6.30. The first kappa shape index (κ1) is 21.3. The van der Waals surface area contributed by atoms with Gasteiger partial charge in [0.15, 0.2) is 0 Å². The van der Waals surface area contributed by atoms with Gasteiger partial charge in [-0.25, -0.2) is 0 Å². The van der Waals surface area contributed by atoms with Crippen LogP contribution in [0.1, 0.15) is 31.0 Å². The number of amides is 1. The first-order valence-electron chi connectivity index (χ1n) is 9.38. The van der Waals surface area contributed by atoms with Crippen LogP contribution in [0.4, 0.5) is 0 Å². The monoisotopic (exact) mass is 384 g/mol. The largest absolute Gasteiger partial charge is 0.497 e. The number of hydrogen-bond acceptors (Lipinski definition) is 4. The lowest BCUT2D eigenvalue weighted by Crippen LogP contribution is -2.32. The quantitative estimate of drug-likeness (QED) is 0.440. The summed E-state index contributed by atoms with van der Waals surface area (Å²) in [4.78, 5) is 25.8. The maximum absolute atomic E-state index is 12.6. The molecule has 2 rings (SSSR count). The van der Waals surface area contributed by atoms with Crippen LogP contribution in [0.15, 0.2) is 55.3 Å². The van der Waals surface area contributed by atoms with E-state index in [9.17, 15) is 9.59 Å². The molecule has 1 amide bonds. The van der Waals surface area contributed by atoms with Gasteiger partial charge < -0.3 is 18.9 Å². The number of esters is 1. The standard InChI is InChI=1S/C22H28N2O4/c1-4-13-24(21(25)11-12-22(26)28-5-2)17-19-9-7-14-23(19)16-18-8-6-10-20(15-18)27-3/h4,6-10,14-15H,1,5,11-13,16-17H2,2-3H3. The number of carbonyl (C=O) groups is 2. The third-order valence-corrected chi connectivity index (χ3v) is 4.31. The molecule has 0 fully saturated rings. The van der Waals surface area contributed by atoms with Gasteiger partial charge in [-0.1, -0.05) is 18.2 Å². The highest BCUT2D eigenvalue weighted by Crippen LogP contribution is 2.16. The molecule has 1 aromatic heterocycles. The summed E-state index contributed by atoms with van der Waals surface area (Å²) in [5, 5.41) is 0. The van der Waals surface area contributed by atoms with Gasteiger partial charge in [-0.15, -0.1) is 6.58 Å². The van der Waals surface area contributed by atoms with Crippen molar-refractivity contribution in [3.8, 4) is 5.75 Å². The first-order chi connectivity index (χ1) is 13.6. The molecular weight excluding hydrogens is 356 g/mol. The van der Waals surface area contributed by atoms with Crippen molar-refractivity contribution in [2.75, 3.05) is 20.3 Å². The number of ether oxygens (including phenoxy) is 2. The average Bonchev–Trinajstić information content (AvgIpc) is 3.12. The van der Waals surface area contributed by atoms with E-state index in [4.69, 9.17) is 9.47 Å². The van der Waals surface area contributed by atoms with Crippen molar-refractivity contribution >= 4 is 11.9 Å². The zero-order valence-corrected chi connectivity index (χ0v) is 16.6. The molecule has 0 aliphatic rings. The Morgan fingerprint density at radius 3 is 2.75 bits per heavy atom. The van der Waals surface area contributed by atoms with Gasteiger partial charge in [0.05, 0.1) is 26.7 Å². The number of benzene rings is 1. The molecule has 6 heteroatoms. The van der Waals surface area contributed by atoms with Gasteiger partial charge in [-0.3, -0.25) is 9.59 Å². The highest BCUT2D eigenvalue weighted by atomic mass is 16.5. The number of hydrogen-bond donors (Lipinski definition) is 0. The van der Waals surface area contributed by atoms with Gasteiger partial charge in [0.25, 0.3) is 0 Å². The third-order valence-electron chi connectivity index (χ3n) is 4.31. The lowest BCUT2D eigenvalue weighted by atomic mass is 10.2. The number of carbonyl (C=O) groups excluding carboxylic acids is 2. The summed E-state index contributed by atoms with van der Waals surface area (Å²) in [5.41, 5.74) is 2.12. The zero-order chi connectivity index (χ0) is 20.4. The van der Waals surface area contributed by atoms with Crippen molar-refractivity contribution in [3.63, 3.8) is 0 Å².